The van der Waals surface area contributed by atoms with Crippen molar-refractivity contribution >= 4 is 23.6 Å². The third-order valence-electron chi connectivity index (χ3n) is 7.62. The minimum Gasteiger partial charge on any atom is -0.444 e. The summed E-state index contributed by atoms with van der Waals surface area (Å²) in [7, 11) is 0. The third-order valence-corrected chi connectivity index (χ3v) is 7.62. The molecule has 0 aliphatic carbocycles. The summed E-state index contributed by atoms with van der Waals surface area (Å²) in [5.41, 5.74) is 4.85. The topological polar surface area (TPSA) is 87.7 Å². The summed E-state index contributed by atoms with van der Waals surface area (Å²) in [5, 5.41) is 6.01. The number of benzene rings is 2. The van der Waals surface area contributed by atoms with Crippen molar-refractivity contribution in [1.82, 2.24) is 10.2 Å². The molecule has 0 saturated carbocycles. The van der Waals surface area contributed by atoms with E-state index in [-0.39, 0.29) is 17.7 Å². The molecule has 2 rings (SSSR count). The van der Waals surface area contributed by atoms with E-state index in [0.717, 1.165) is 65.6 Å². The van der Waals surface area contributed by atoms with Crippen LogP contribution < -0.4 is 10.6 Å². The maximum Gasteiger partial charge on any atom is 0.408 e. The van der Waals surface area contributed by atoms with E-state index in [4.69, 9.17) is 4.74 Å². The molecule has 238 valence electrons. The fraction of sp³-hybridized carbons (Fsp3) is 0.583. The Bertz CT molecular complexity index is 1210. The Morgan fingerprint density at radius 3 is 2.05 bits per heavy atom. The number of anilines is 1. The number of alkyl carbamates (subject to hydrolysis) is 1. The highest BCUT2D eigenvalue weighted by molar-refractivity contribution is 6.00. The van der Waals surface area contributed by atoms with Crippen LogP contribution in [0.15, 0.2) is 36.4 Å². The molecule has 3 amide bonds. The molecule has 2 aromatic carbocycles. The lowest BCUT2D eigenvalue weighted by molar-refractivity contribution is -0.141. The van der Waals surface area contributed by atoms with Crippen LogP contribution in [0.1, 0.15) is 114 Å². The fourth-order valence-electron chi connectivity index (χ4n) is 5.21. The average molecular weight is 594 g/mol. The second-order valence-corrected chi connectivity index (χ2v) is 13.3. The van der Waals surface area contributed by atoms with Crippen LogP contribution in [0, 0.1) is 33.6 Å². The number of amides is 3. The lowest BCUT2D eigenvalue weighted by Crippen LogP contribution is -2.53. The smallest absolute Gasteiger partial charge is 0.408 e. The molecule has 0 radical (unpaired) electrons. The first kappa shape index (κ1) is 35.8. The maximum absolute atomic E-state index is 14.5. The number of nitrogens with zero attached hydrogens (tertiary/aromatic N) is 1. The molecule has 0 aliphatic rings. The lowest BCUT2D eigenvalue weighted by atomic mass is 9.96. The van der Waals surface area contributed by atoms with Gasteiger partial charge < -0.3 is 20.3 Å². The van der Waals surface area contributed by atoms with Gasteiger partial charge in [0, 0.05) is 12.2 Å². The number of hydrogen-bond acceptors (Lipinski definition) is 4. The van der Waals surface area contributed by atoms with Crippen LogP contribution >= 0.6 is 0 Å². The second kappa shape index (κ2) is 16.5. The van der Waals surface area contributed by atoms with Gasteiger partial charge in [-0.15, -0.1) is 0 Å². The van der Waals surface area contributed by atoms with Gasteiger partial charge in [0.2, 0.25) is 5.91 Å². The van der Waals surface area contributed by atoms with Crippen LogP contribution in [-0.4, -0.2) is 41.0 Å². The van der Waals surface area contributed by atoms with E-state index in [9.17, 15) is 14.4 Å². The summed E-state index contributed by atoms with van der Waals surface area (Å²) in [6, 6.07) is 10.1. The SMILES string of the molecule is CCCCCCCN(C(=O)C(CC(C)C)NC(=O)OC(C)(C)C)C(C(=O)Nc1c(C)cccc1C)c1ccc(C)c(C)c1. The maximum atomic E-state index is 14.5. The van der Waals surface area contributed by atoms with Crippen LogP contribution in [0.3, 0.4) is 0 Å². The monoisotopic (exact) mass is 593 g/mol. The van der Waals surface area contributed by atoms with E-state index >= 15 is 0 Å². The predicted molar refractivity (Wildman–Crippen MR) is 176 cm³/mol. The summed E-state index contributed by atoms with van der Waals surface area (Å²) in [5.74, 6) is -0.433. The molecule has 7 nitrogen and oxygen atoms in total. The first-order chi connectivity index (χ1) is 20.1. The Kier molecular flexibility index (Phi) is 13.7. The van der Waals surface area contributed by atoms with Crippen LogP contribution in [0.2, 0.25) is 0 Å². The number of carbonyl (C=O) groups is 3. The normalized spacial score (nSPS) is 12.9. The summed E-state index contributed by atoms with van der Waals surface area (Å²) in [6.07, 6.45) is 4.78. The van der Waals surface area contributed by atoms with Gasteiger partial charge in [-0.1, -0.05) is 82.9 Å². The number of rotatable bonds is 14. The third kappa shape index (κ3) is 11.3. The van der Waals surface area contributed by atoms with E-state index in [1.807, 2.05) is 77.9 Å². The van der Waals surface area contributed by atoms with Gasteiger partial charge in [0.05, 0.1) is 0 Å². The van der Waals surface area contributed by atoms with Crippen LogP contribution in [-0.2, 0) is 14.3 Å². The van der Waals surface area contributed by atoms with Crippen LogP contribution in [0.5, 0.6) is 0 Å². The molecule has 0 fully saturated rings. The van der Waals surface area contributed by atoms with E-state index in [2.05, 4.69) is 17.6 Å². The standard InChI is InChI=1S/C36H55N3O4/c1-11-12-13-14-15-21-39(34(41)30(22-24(2)3)37-35(42)43-36(8,9)10)32(29-20-19-25(4)28(7)23-29)33(40)38-31-26(5)17-16-18-27(31)6/h16-20,23-24,30,32H,11-15,21-22H2,1-10H3,(H,37,42)(H,38,40). The highest BCUT2D eigenvalue weighted by Crippen LogP contribution is 2.29. The largest absolute Gasteiger partial charge is 0.444 e. The number of hydrogen-bond donors (Lipinski definition) is 2. The first-order valence-electron chi connectivity index (χ1n) is 15.9. The zero-order chi connectivity index (χ0) is 32.3. The molecule has 0 aliphatic heterocycles. The number of unbranched alkanes of at least 4 members (excludes halogenated alkanes) is 4. The molecule has 7 heteroatoms. The van der Waals surface area contributed by atoms with E-state index in [0.29, 0.717) is 13.0 Å². The minimum atomic E-state index is -0.882. The van der Waals surface area contributed by atoms with Gasteiger partial charge in [0.15, 0.2) is 0 Å². The number of ether oxygens (including phenoxy) is 1. The molecule has 2 unspecified atom stereocenters. The minimum absolute atomic E-state index is 0.124. The molecule has 0 aromatic heterocycles. The van der Waals surface area contributed by atoms with Crippen LogP contribution in [0.4, 0.5) is 10.5 Å². The predicted octanol–water partition coefficient (Wildman–Crippen LogP) is 8.34. The highest BCUT2D eigenvalue weighted by Gasteiger charge is 2.36. The van der Waals surface area contributed by atoms with Gasteiger partial charge >= 0.3 is 6.09 Å². The summed E-state index contributed by atoms with van der Waals surface area (Å²) < 4.78 is 5.53. The summed E-state index contributed by atoms with van der Waals surface area (Å²) in [6.45, 7) is 20.0. The Morgan fingerprint density at radius 1 is 0.860 bits per heavy atom. The lowest BCUT2D eigenvalue weighted by Gasteiger charge is -2.35. The number of aryl methyl sites for hydroxylation is 4. The van der Waals surface area contributed by atoms with Crippen molar-refractivity contribution in [1.29, 1.82) is 0 Å². The van der Waals surface area contributed by atoms with Crippen molar-refractivity contribution < 1.29 is 19.1 Å². The van der Waals surface area contributed by atoms with E-state index < -0.39 is 23.8 Å². The molecule has 0 saturated heterocycles. The Labute approximate surface area is 260 Å². The molecular formula is C36H55N3O4. The van der Waals surface area contributed by atoms with Crippen molar-refractivity contribution in [3.05, 3.63) is 64.2 Å². The fourth-order valence-corrected chi connectivity index (χ4v) is 5.21. The average Bonchev–Trinajstić information content (AvgIpc) is 2.89. The molecule has 43 heavy (non-hydrogen) atoms. The van der Waals surface area contributed by atoms with Crippen molar-refractivity contribution in [3.63, 3.8) is 0 Å². The van der Waals surface area contributed by atoms with E-state index in [1.165, 1.54) is 0 Å². The zero-order valence-electron chi connectivity index (χ0n) is 28.2. The van der Waals surface area contributed by atoms with Crippen molar-refractivity contribution in [2.75, 3.05) is 11.9 Å². The summed E-state index contributed by atoms with van der Waals surface area (Å²) in [4.78, 5) is 43.4. The second-order valence-electron chi connectivity index (χ2n) is 13.3. The molecule has 0 heterocycles. The van der Waals surface area contributed by atoms with Crippen molar-refractivity contribution in [2.45, 2.75) is 125 Å². The van der Waals surface area contributed by atoms with Gasteiger partial charge in [-0.05, 0) is 95.0 Å². The van der Waals surface area contributed by atoms with Gasteiger partial charge in [-0.2, -0.15) is 0 Å². The summed E-state index contributed by atoms with van der Waals surface area (Å²) >= 11 is 0. The number of nitrogens with one attached hydrogen (secondary N) is 2. The van der Waals surface area contributed by atoms with Crippen molar-refractivity contribution in [3.8, 4) is 0 Å². The molecular weight excluding hydrogens is 538 g/mol. The Hall–Kier alpha value is -3.35. The van der Waals surface area contributed by atoms with Gasteiger partial charge in [-0.25, -0.2) is 4.79 Å². The van der Waals surface area contributed by atoms with Crippen LogP contribution in [0.25, 0.3) is 0 Å². The number of para-hydroxylation sites is 1. The Morgan fingerprint density at radius 2 is 1.49 bits per heavy atom. The molecule has 0 bridgehead atoms. The quantitative estimate of drug-likeness (QED) is 0.216. The zero-order valence-corrected chi connectivity index (χ0v) is 28.2. The Balaban J connectivity index is 2.61. The van der Waals surface area contributed by atoms with Gasteiger partial charge in [0.25, 0.3) is 5.91 Å². The van der Waals surface area contributed by atoms with Gasteiger partial charge in [-0.3, -0.25) is 9.59 Å². The molecule has 0 spiro atoms. The highest BCUT2D eigenvalue weighted by atomic mass is 16.6. The number of carbonyl (C=O) groups excluding carboxylic acids is 3. The molecule has 2 aromatic rings. The first-order valence-corrected chi connectivity index (χ1v) is 15.9. The molecule has 2 atom stereocenters. The molecule has 2 N–H and O–H groups in total. The van der Waals surface area contributed by atoms with Gasteiger partial charge in [0.1, 0.15) is 17.7 Å². The van der Waals surface area contributed by atoms with Crippen molar-refractivity contribution in [2.24, 2.45) is 5.92 Å². The van der Waals surface area contributed by atoms with E-state index in [1.54, 1.807) is 25.7 Å².